The first kappa shape index (κ1) is 16.7. The van der Waals surface area contributed by atoms with Crippen molar-refractivity contribution in [2.75, 3.05) is 43.1 Å². The first-order valence-electron chi connectivity index (χ1n) is 7.02. The highest BCUT2D eigenvalue weighted by Gasteiger charge is 2.20. The molecule has 0 aliphatic carbocycles. The third kappa shape index (κ3) is 4.61. The van der Waals surface area contributed by atoms with Gasteiger partial charge in [0.05, 0.1) is 13.2 Å². The standard InChI is InChI=1S/C14H26N4O2/c1-5-15-11-10-12(18(6-8-19)7-9-20)17-13(16-11)14(2,3)4/h10,19-20H,5-9H2,1-4H3,(H,15,16,17). The summed E-state index contributed by atoms with van der Waals surface area (Å²) in [4.78, 5) is 11.0. The smallest absolute Gasteiger partial charge is 0.138 e. The molecule has 0 bridgehead atoms. The lowest BCUT2D eigenvalue weighted by molar-refractivity contribution is 0.280. The van der Waals surface area contributed by atoms with E-state index in [0.717, 1.165) is 24.0 Å². The van der Waals surface area contributed by atoms with E-state index in [1.54, 1.807) is 0 Å². The molecular weight excluding hydrogens is 256 g/mol. The van der Waals surface area contributed by atoms with Gasteiger partial charge in [0, 0.05) is 31.1 Å². The maximum atomic E-state index is 9.14. The second kappa shape index (κ2) is 7.40. The van der Waals surface area contributed by atoms with Gasteiger partial charge in [-0.1, -0.05) is 20.8 Å². The van der Waals surface area contributed by atoms with Crippen LogP contribution >= 0.6 is 0 Å². The Morgan fingerprint density at radius 1 is 1.15 bits per heavy atom. The van der Waals surface area contributed by atoms with Gasteiger partial charge < -0.3 is 20.4 Å². The molecule has 0 saturated carbocycles. The van der Waals surface area contributed by atoms with Gasteiger partial charge in [-0.3, -0.25) is 0 Å². The third-order valence-corrected chi connectivity index (χ3v) is 2.81. The van der Waals surface area contributed by atoms with Crippen LogP contribution in [0.4, 0.5) is 11.6 Å². The minimum absolute atomic E-state index is 0.0192. The molecule has 0 unspecified atom stereocenters. The van der Waals surface area contributed by atoms with E-state index in [0.29, 0.717) is 13.1 Å². The van der Waals surface area contributed by atoms with E-state index >= 15 is 0 Å². The maximum absolute atomic E-state index is 9.14. The van der Waals surface area contributed by atoms with Gasteiger partial charge in [-0.15, -0.1) is 0 Å². The zero-order valence-corrected chi connectivity index (χ0v) is 12.8. The molecule has 0 radical (unpaired) electrons. The van der Waals surface area contributed by atoms with Crippen LogP contribution in [-0.2, 0) is 5.41 Å². The molecule has 1 rings (SSSR count). The first-order valence-corrected chi connectivity index (χ1v) is 7.02. The van der Waals surface area contributed by atoms with Gasteiger partial charge in [-0.2, -0.15) is 0 Å². The zero-order valence-electron chi connectivity index (χ0n) is 12.8. The average molecular weight is 282 g/mol. The lowest BCUT2D eigenvalue weighted by Crippen LogP contribution is -2.31. The highest BCUT2D eigenvalue weighted by molar-refractivity contribution is 5.50. The number of nitrogens with one attached hydrogen (secondary N) is 1. The van der Waals surface area contributed by atoms with Gasteiger partial charge in [0.2, 0.25) is 0 Å². The lowest BCUT2D eigenvalue weighted by atomic mass is 9.96. The van der Waals surface area contributed by atoms with Gasteiger partial charge >= 0.3 is 0 Å². The maximum Gasteiger partial charge on any atom is 0.138 e. The summed E-state index contributed by atoms with van der Waals surface area (Å²) in [6, 6.07) is 1.85. The Morgan fingerprint density at radius 2 is 1.75 bits per heavy atom. The molecule has 6 heteroatoms. The van der Waals surface area contributed by atoms with E-state index in [2.05, 4.69) is 36.1 Å². The van der Waals surface area contributed by atoms with Crippen molar-refractivity contribution in [2.45, 2.75) is 33.1 Å². The summed E-state index contributed by atoms with van der Waals surface area (Å²) in [7, 11) is 0. The highest BCUT2D eigenvalue weighted by atomic mass is 16.3. The SMILES string of the molecule is CCNc1cc(N(CCO)CCO)nc(C(C)(C)C)n1. The number of aromatic nitrogens is 2. The lowest BCUT2D eigenvalue weighted by Gasteiger charge is -2.25. The molecule has 1 heterocycles. The normalized spacial score (nSPS) is 11.5. The van der Waals surface area contributed by atoms with Gasteiger partial charge in [0.1, 0.15) is 17.5 Å². The van der Waals surface area contributed by atoms with E-state index in [9.17, 15) is 0 Å². The second-order valence-corrected chi connectivity index (χ2v) is 5.65. The van der Waals surface area contributed by atoms with Crippen LogP contribution in [0.3, 0.4) is 0 Å². The summed E-state index contributed by atoms with van der Waals surface area (Å²) in [6.45, 7) is 9.88. The molecule has 0 amide bonds. The minimum Gasteiger partial charge on any atom is -0.395 e. The van der Waals surface area contributed by atoms with Gasteiger partial charge in [0.25, 0.3) is 0 Å². The predicted molar refractivity (Wildman–Crippen MR) is 81.3 cm³/mol. The van der Waals surface area contributed by atoms with Crippen LogP contribution in [0.5, 0.6) is 0 Å². The minimum atomic E-state index is -0.162. The Kier molecular flexibility index (Phi) is 6.16. The van der Waals surface area contributed by atoms with E-state index in [-0.39, 0.29) is 18.6 Å². The van der Waals surface area contributed by atoms with E-state index < -0.39 is 0 Å². The van der Waals surface area contributed by atoms with Crippen molar-refractivity contribution in [3.8, 4) is 0 Å². The topological polar surface area (TPSA) is 81.5 Å². The Hall–Kier alpha value is -1.40. The molecular formula is C14H26N4O2. The molecule has 0 fully saturated rings. The average Bonchev–Trinajstić information content (AvgIpc) is 2.37. The highest BCUT2D eigenvalue weighted by Crippen LogP contribution is 2.24. The van der Waals surface area contributed by atoms with Crippen molar-refractivity contribution >= 4 is 11.6 Å². The Balaban J connectivity index is 3.18. The van der Waals surface area contributed by atoms with Crippen LogP contribution in [0, 0.1) is 0 Å². The summed E-state index contributed by atoms with van der Waals surface area (Å²) in [6.07, 6.45) is 0. The van der Waals surface area contributed by atoms with Crippen molar-refractivity contribution in [3.63, 3.8) is 0 Å². The first-order chi connectivity index (χ1) is 9.42. The van der Waals surface area contributed by atoms with E-state index in [4.69, 9.17) is 10.2 Å². The van der Waals surface area contributed by atoms with Gasteiger partial charge in [-0.05, 0) is 6.92 Å². The molecule has 1 aromatic heterocycles. The summed E-state index contributed by atoms with van der Waals surface area (Å²) < 4.78 is 0. The molecule has 3 N–H and O–H groups in total. The molecule has 114 valence electrons. The number of aliphatic hydroxyl groups is 2. The van der Waals surface area contributed by atoms with Crippen molar-refractivity contribution < 1.29 is 10.2 Å². The van der Waals surface area contributed by atoms with Crippen LogP contribution in [0.15, 0.2) is 6.07 Å². The molecule has 1 aromatic rings. The van der Waals surface area contributed by atoms with Crippen LogP contribution in [-0.4, -0.2) is 53.0 Å². The second-order valence-electron chi connectivity index (χ2n) is 5.65. The van der Waals surface area contributed by atoms with E-state index in [1.165, 1.54) is 0 Å². The monoisotopic (exact) mass is 282 g/mol. The summed E-state index contributed by atoms with van der Waals surface area (Å²) in [5, 5.41) is 21.5. The van der Waals surface area contributed by atoms with Crippen LogP contribution in [0.2, 0.25) is 0 Å². The number of rotatable bonds is 7. The molecule has 0 spiro atoms. The number of hydrogen-bond donors (Lipinski definition) is 3. The summed E-state index contributed by atoms with van der Waals surface area (Å²) >= 11 is 0. The molecule has 0 aromatic carbocycles. The van der Waals surface area contributed by atoms with Crippen LogP contribution in [0.25, 0.3) is 0 Å². The zero-order chi connectivity index (χ0) is 15.2. The van der Waals surface area contributed by atoms with Crippen molar-refractivity contribution in [2.24, 2.45) is 0 Å². The molecule has 6 nitrogen and oxygen atoms in total. The fraction of sp³-hybridized carbons (Fsp3) is 0.714. The molecule has 0 aliphatic rings. The Bertz CT molecular complexity index is 412. The quantitative estimate of drug-likeness (QED) is 0.692. The van der Waals surface area contributed by atoms with Gasteiger partial charge in [-0.25, -0.2) is 9.97 Å². The van der Waals surface area contributed by atoms with Gasteiger partial charge in [0.15, 0.2) is 0 Å². The largest absolute Gasteiger partial charge is 0.395 e. The molecule has 0 atom stereocenters. The predicted octanol–water partition coefficient (Wildman–Crippen LogP) is 0.997. The molecule has 0 saturated heterocycles. The van der Waals surface area contributed by atoms with E-state index in [1.807, 2.05) is 17.9 Å². The summed E-state index contributed by atoms with van der Waals surface area (Å²) in [5.41, 5.74) is -0.162. The Morgan fingerprint density at radius 3 is 2.20 bits per heavy atom. The van der Waals surface area contributed by atoms with Crippen molar-refractivity contribution in [1.82, 2.24) is 9.97 Å². The summed E-state index contributed by atoms with van der Waals surface area (Å²) in [5.74, 6) is 2.24. The van der Waals surface area contributed by atoms with Crippen molar-refractivity contribution in [3.05, 3.63) is 11.9 Å². The number of hydrogen-bond acceptors (Lipinski definition) is 6. The van der Waals surface area contributed by atoms with Crippen LogP contribution in [0.1, 0.15) is 33.5 Å². The van der Waals surface area contributed by atoms with Crippen LogP contribution < -0.4 is 10.2 Å². The number of anilines is 2. The number of nitrogens with zero attached hydrogens (tertiary/aromatic N) is 3. The Labute approximate surface area is 120 Å². The number of aliphatic hydroxyl groups excluding tert-OH is 2. The van der Waals surface area contributed by atoms with Crippen molar-refractivity contribution in [1.29, 1.82) is 0 Å². The molecule has 0 aliphatic heterocycles. The fourth-order valence-electron chi connectivity index (χ4n) is 1.79. The fourth-order valence-corrected chi connectivity index (χ4v) is 1.79. The third-order valence-electron chi connectivity index (χ3n) is 2.81. The molecule has 20 heavy (non-hydrogen) atoms.